The minimum atomic E-state index is -3.57. The quantitative estimate of drug-likeness (QED) is 0.719. The molecule has 120 valence electrons. The Labute approximate surface area is 132 Å². The number of hydrogen-bond donors (Lipinski definition) is 2. The standard InChI is InChI=1S/C13H21N3O3S.ClH/c1-14-8-5-9-15-20(18,19)12-7-4-6-11(10-12)13(17)16(2)3;/h4,6-7,10,14-15H,5,8-9H2,1-3H3;1H. The highest BCUT2D eigenvalue weighted by atomic mass is 35.5. The first-order valence-corrected chi connectivity index (χ1v) is 7.83. The van der Waals surface area contributed by atoms with E-state index < -0.39 is 10.0 Å². The first-order chi connectivity index (χ1) is 9.38. The van der Waals surface area contributed by atoms with Crippen molar-refractivity contribution in [2.24, 2.45) is 0 Å². The molecule has 1 rings (SSSR count). The third kappa shape index (κ3) is 6.01. The number of nitrogens with one attached hydrogen (secondary N) is 2. The van der Waals surface area contributed by atoms with E-state index in [0.717, 1.165) is 6.54 Å². The Balaban J connectivity index is 0.00000400. The predicted molar refractivity (Wildman–Crippen MR) is 85.4 cm³/mol. The number of halogens is 1. The number of carbonyl (C=O) groups excluding carboxylic acids is 1. The van der Waals surface area contributed by atoms with Gasteiger partial charge in [-0.1, -0.05) is 6.07 Å². The molecule has 0 saturated carbocycles. The zero-order valence-corrected chi connectivity index (χ0v) is 14.1. The highest BCUT2D eigenvalue weighted by Gasteiger charge is 2.16. The van der Waals surface area contributed by atoms with Gasteiger partial charge in [-0.3, -0.25) is 4.79 Å². The molecule has 8 heteroatoms. The van der Waals surface area contributed by atoms with Gasteiger partial charge in [0, 0.05) is 26.2 Å². The molecule has 0 aliphatic rings. The molecule has 0 unspecified atom stereocenters. The number of sulfonamides is 1. The van der Waals surface area contributed by atoms with Crippen molar-refractivity contribution in [1.29, 1.82) is 0 Å². The van der Waals surface area contributed by atoms with Crippen molar-refractivity contribution in [3.05, 3.63) is 29.8 Å². The first-order valence-electron chi connectivity index (χ1n) is 6.34. The molecule has 0 aliphatic heterocycles. The number of carbonyl (C=O) groups is 1. The Bertz CT molecular complexity index is 562. The molecule has 2 N–H and O–H groups in total. The van der Waals surface area contributed by atoms with E-state index in [0.29, 0.717) is 18.5 Å². The monoisotopic (exact) mass is 335 g/mol. The molecule has 1 aromatic rings. The van der Waals surface area contributed by atoms with Gasteiger partial charge in [0.15, 0.2) is 0 Å². The third-order valence-electron chi connectivity index (χ3n) is 2.69. The van der Waals surface area contributed by atoms with Crippen LogP contribution in [0.1, 0.15) is 16.8 Å². The summed E-state index contributed by atoms with van der Waals surface area (Å²) in [5.74, 6) is -0.225. The minimum absolute atomic E-state index is 0. The molecule has 0 spiro atoms. The van der Waals surface area contributed by atoms with Crippen molar-refractivity contribution in [1.82, 2.24) is 14.9 Å². The molecule has 0 fully saturated rings. The molecular formula is C13H22ClN3O3S. The summed E-state index contributed by atoms with van der Waals surface area (Å²) >= 11 is 0. The summed E-state index contributed by atoms with van der Waals surface area (Å²) < 4.78 is 26.7. The van der Waals surface area contributed by atoms with Gasteiger partial charge in [0.1, 0.15) is 0 Å². The van der Waals surface area contributed by atoms with E-state index in [1.165, 1.54) is 17.0 Å². The smallest absolute Gasteiger partial charge is 0.253 e. The predicted octanol–water partition coefficient (Wildman–Crippen LogP) is 0.698. The maximum Gasteiger partial charge on any atom is 0.253 e. The van der Waals surface area contributed by atoms with E-state index in [9.17, 15) is 13.2 Å². The molecule has 6 nitrogen and oxygen atoms in total. The van der Waals surface area contributed by atoms with E-state index in [1.807, 2.05) is 7.05 Å². The number of nitrogens with zero attached hydrogens (tertiary/aromatic N) is 1. The van der Waals surface area contributed by atoms with Gasteiger partial charge in [0.25, 0.3) is 5.91 Å². The van der Waals surface area contributed by atoms with E-state index in [-0.39, 0.29) is 23.2 Å². The molecule has 0 bridgehead atoms. The number of benzene rings is 1. The van der Waals surface area contributed by atoms with Crippen molar-refractivity contribution >= 4 is 28.3 Å². The average molecular weight is 336 g/mol. The van der Waals surface area contributed by atoms with Crippen LogP contribution in [-0.4, -0.2) is 53.5 Å². The topological polar surface area (TPSA) is 78.5 Å². The fourth-order valence-corrected chi connectivity index (χ4v) is 2.73. The van der Waals surface area contributed by atoms with Crippen LogP contribution in [-0.2, 0) is 10.0 Å². The van der Waals surface area contributed by atoms with Gasteiger partial charge in [-0.15, -0.1) is 12.4 Å². The van der Waals surface area contributed by atoms with Crippen LogP contribution in [0, 0.1) is 0 Å². The molecule has 0 heterocycles. The lowest BCUT2D eigenvalue weighted by atomic mass is 10.2. The van der Waals surface area contributed by atoms with Crippen LogP contribution in [0.25, 0.3) is 0 Å². The lowest BCUT2D eigenvalue weighted by Gasteiger charge is -2.12. The van der Waals surface area contributed by atoms with E-state index in [4.69, 9.17) is 0 Å². The maximum absolute atomic E-state index is 12.1. The summed E-state index contributed by atoms with van der Waals surface area (Å²) in [5, 5.41) is 2.95. The fourth-order valence-electron chi connectivity index (χ4n) is 1.61. The number of hydrogen-bond acceptors (Lipinski definition) is 4. The normalized spacial score (nSPS) is 10.8. The van der Waals surface area contributed by atoms with Gasteiger partial charge >= 0.3 is 0 Å². The molecule has 0 radical (unpaired) electrons. The molecule has 21 heavy (non-hydrogen) atoms. The molecule has 1 amide bonds. The second-order valence-corrected chi connectivity index (χ2v) is 6.35. The fraction of sp³-hybridized carbons (Fsp3) is 0.462. The minimum Gasteiger partial charge on any atom is -0.345 e. The van der Waals surface area contributed by atoms with Gasteiger partial charge in [0.05, 0.1) is 4.90 Å². The van der Waals surface area contributed by atoms with Crippen LogP contribution in [0.2, 0.25) is 0 Å². The Morgan fingerprint density at radius 3 is 2.48 bits per heavy atom. The Hall–Kier alpha value is -1.15. The lowest BCUT2D eigenvalue weighted by molar-refractivity contribution is 0.0827. The second-order valence-electron chi connectivity index (χ2n) is 4.58. The van der Waals surface area contributed by atoms with Crippen molar-refractivity contribution in [3.8, 4) is 0 Å². The van der Waals surface area contributed by atoms with Crippen LogP contribution in [0.15, 0.2) is 29.2 Å². The third-order valence-corrected chi connectivity index (χ3v) is 4.15. The van der Waals surface area contributed by atoms with E-state index >= 15 is 0 Å². The van der Waals surface area contributed by atoms with Gasteiger partial charge in [0.2, 0.25) is 10.0 Å². The molecule has 0 saturated heterocycles. The lowest BCUT2D eigenvalue weighted by Crippen LogP contribution is -2.27. The highest BCUT2D eigenvalue weighted by Crippen LogP contribution is 2.12. The zero-order valence-electron chi connectivity index (χ0n) is 12.4. The van der Waals surface area contributed by atoms with Crippen LogP contribution < -0.4 is 10.0 Å². The summed E-state index contributed by atoms with van der Waals surface area (Å²) in [7, 11) is 1.49. The first kappa shape index (κ1) is 19.9. The van der Waals surface area contributed by atoms with Gasteiger partial charge in [-0.05, 0) is 38.2 Å². The second kappa shape index (κ2) is 8.99. The summed E-state index contributed by atoms with van der Waals surface area (Å²) in [6.07, 6.45) is 0.700. The number of amides is 1. The zero-order chi connectivity index (χ0) is 15.2. The summed E-state index contributed by atoms with van der Waals surface area (Å²) in [6.45, 7) is 1.09. The molecule has 0 aliphatic carbocycles. The summed E-state index contributed by atoms with van der Waals surface area (Å²) in [4.78, 5) is 13.3. The van der Waals surface area contributed by atoms with E-state index in [2.05, 4.69) is 10.0 Å². The summed E-state index contributed by atoms with van der Waals surface area (Å²) in [5.41, 5.74) is 0.355. The Morgan fingerprint density at radius 1 is 1.24 bits per heavy atom. The average Bonchev–Trinajstić information content (AvgIpc) is 2.43. The highest BCUT2D eigenvalue weighted by molar-refractivity contribution is 7.89. The van der Waals surface area contributed by atoms with Gasteiger partial charge in [-0.2, -0.15) is 0 Å². The SMILES string of the molecule is CNCCCNS(=O)(=O)c1cccc(C(=O)N(C)C)c1.Cl. The van der Waals surface area contributed by atoms with Crippen LogP contribution in [0.4, 0.5) is 0 Å². The van der Waals surface area contributed by atoms with Crippen molar-refractivity contribution in [3.63, 3.8) is 0 Å². The number of rotatable bonds is 7. The Morgan fingerprint density at radius 2 is 1.90 bits per heavy atom. The molecule has 0 atom stereocenters. The van der Waals surface area contributed by atoms with Crippen molar-refractivity contribution < 1.29 is 13.2 Å². The van der Waals surface area contributed by atoms with Crippen molar-refractivity contribution in [2.75, 3.05) is 34.2 Å². The van der Waals surface area contributed by atoms with Crippen LogP contribution in [0.3, 0.4) is 0 Å². The van der Waals surface area contributed by atoms with E-state index in [1.54, 1.807) is 26.2 Å². The Kier molecular flexibility index (Phi) is 8.50. The summed E-state index contributed by atoms with van der Waals surface area (Å²) in [6, 6.07) is 6.04. The molecule has 1 aromatic carbocycles. The largest absolute Gasteiger partial charge is 0.345 e. The van der Waals surface area contributed by atoms with Crippen molar-refractivity contribution in [2.45, 2.75) is 11.3 Å². The van der Waals surface area contributed by atoms with Crippen LogP contribution in [0.5, 0.6) is 0 Å². The van der Waals surface area contributed by atoms with Gasteiger partial charge < -0.3 is 10.2 Å². The molecular weight excluding hydrogens is 314 g/mol. The molecule has 0 aromatic heterocycles. The maximum atomic E-state index is 12.1. The van der Waals surface area contributed by atoms with Gasteiger partial charge in [-0.25, -0.2) is 13.1 Å². The van der Waals surface area contributed by atoms with Crippen LogP contribution >= 0.6 is 12.4 Å².